The molecule has 0 aliphatic rings. The van der Waals surface area contributed by atoms with E-state index < -0.39 is 11.9 Å². The maximum absolute atomic E-state index is 12.6. The summed E-state index contributed by atoms with van der Waals surface area (Å²) in [6.45, 7) is 3.90. The fraction of sp³-hybridized carbons (Fsp3) is 0.467. The molecule has 0 aliphatic heterocycles. The van der Waals surface area contributed by atoms with Crippen LogP contribution in [0.25, 0.3) is 6.08 Å². The van der Waals surface area contributed by atoms with E-state index in [1.54, 1.807) is 30.3 Å². The highest BCUT2D eigenvalue weighted by Gasteiger charge is 2.19. The van der Waals surface area contributed by atoms with Crippen molar-refractivity contribution >= 4 is 18.0 Å². The van der Waals surface area contributed by atoms with Gasteiger partial charge in [0.15, 0.2) is 23.0 Å². The molecule has 0 radical (unpaired) electrons. The fourth-order valence-electron chi connectivity index (χ4n) is 4.09. The minimum atomic E-state index is -0.481. The Bertz CT molecular complexity index is 1130. The number of ether oxygens (including phenoxy) is 8. The van der Waals surface area contributed by atoms with Gasteiger partial charge in [-0.15, -0.1) is 0 Å². The Morgan fingerprint density at radius 3 is 1.78 bits per heavy atom. The number of carbonyl (C=O) groups is 2. The van der Waals surface area contributed by atoms with Crippen LogP contribution >= 0.6 is 0 Å². The minimum absolute atomic E-state index is 0.0787. The second-order valence-electron chi connectivity index (χ2n) is 9.19. The third-order valence-electron chi connectivity index (χ3n) is 6.05. The van der Waals surface area contributed by atoms with Gasteiger partial charge in [-0.1, -0.05) is 6.92 Å². The molecule has 11 nitrogen and oxygen atoms in total. The van der Waals surface area contributed by atoms with E-state index >= 15 is 0 Å². The smallest absolute Gasteiger partial charge is 0.338 e. The average Bonchev–Trinajstić information content (AvgIpc) is 2.99. The van der Waals surface area contributed by atoms with Crippen LogP contribution in [0.5, 0.6) is 34.5 Å². The first-order valence-electron chi connectivity index (χ1n) is 13.0. The van der Waals surface area contributed by atoms with Crippen molar-refractivity contribution in [2.45, 2.75) is 13.3 Å². The van der Waals surface area contributed by atoms with Crippen LogP contribution in [0.2, 0.25) is 0 Å². The first-order valence-corrected chi connectivity index (χ1v) is 13.0. The van der Waals surface area contributed by atoms with Gasteiger partial charge in [-0.2, -0.15) is 0 Å². The van der Waals surface area contributed by atoms with Gasteiger partial charge in [0.2, 0.25) is 11.5 Å². The molecule has 0 heterocycles. The Morgan fingerprint density at radius 1 is 0.780 bits per heavy atom. The Morgan fingerprint density at radius 2 is 1.29 bits per heavy atom. The molecule has 0 unspecified atom stereocenters. The van der Waals surface area contributed by atoms with E-state index in [4.69, 9.17) is 37.9 Å². The lowest BCUT2D eigenvalue weighted by atomic mass is 10.1. The highest BCUT2D eigenvalue weighted by molar-refractivity contribution is 5.91. The molecule has 0 aliphatic carbocycles. The van der Waals surface area contributed by atoms with Crippen LogP contribution in [-0.4, -0.2) is 92.8 Å². The standard InChI is InChI=1S/C30H41NO10/c1-20(19-41-30(33)22-16-25(36-5)29(39-8)26(17-22)37-6)18-31(2)12-9-13-40-27(32)11-10-21-14-23(34-3)28(38-7)24(15-21)35-4/h10-11,14-17,20H,9,12-13,18-19H2,1-8H3/b11-10+/t20-/m0/s1. The summed E-state index contributed by atoms with van der Waals surface area (Å²) < 4.78 is 42.7. The van der Waals surface area contributed by atoms with Gasteiger partial charge in [-0.3, -0.25) is 0 Å². The summed E-state index contributed by atoms with van der Waals surface area (Å²) in [5.41, 5.74) is 1.01. The molecule has 1 atom stereocenters. The SMILES string of the molecule is COc1cc(/C=C/C(=O)OCCCN(C)C[C@H](C)COC(=O)c2cc(OC)c(OC)c(OC)c2)cc(OC)c1OC. The minimum Gasteiger partial charge on any atom is -0.493 e. The lowest BCUT2D eigenvalue weighted by molar-refractivity contribution is -0.137. The van der Waals surface area contributed by atoms with E-state index in [-0.39, 0.29) is 19.1 Å². The third kappa shape index (κ3) is 9.78. The van der Waals surface area contributed by atoms with Crippen molar-refractivity contribution < 1.29 is 47.5 Å². The Hall–Kier alpha value is -4.12. The molecule has 0 N–H and O–H groups in total. The highest BCUT2D eigenvalue weighted by Crippen LogP contribution is 2.39. The van der Waals surface area contributed by atoms with Crippen LogP contribution in [0.4, 0.5) is 0 Å². The second-order valence-corrected chi connectivity index (χ2v) is 9.19. The van der Waals surface area contributed by atoms with Gasteiger partial charge < -0.3 is 42.8 Å². The molecule has 0 fully saturated rings. The van der Waals surface area contributed by atoms with Gasteiger partial charge in [-0.25, -0.2) is 9.59 Å². The van der Waals surface area contributed by atoms with Gasteiger partial charge in [-0.05, 0) is 49.4 Å². The number of benzene rings is 2. The number of esters is 2. The van der Waals surface area contributed by atoms with Crippen LogP contribution in [0.3, 0.4) is 0 Å². The van der Waals surface area contributed by atoms with Crippen molar-refractivity contribution in [3.05, 3.63) is 41.5 Å². The normalized spacial score (nSPS) is 11.6. The highest BCUT2D eigenvalue weighted by atomic mass is 16.5. The predicted octanol–water partition coefficient (Wildman–Crippen LogP) is 4.11. The zero-order valence-corrected chi connectivity index (χ0v) is 25.1. The summed E-state index contributed by atoms with van der Waals surface area (Å²) in [4.78, 5) is 26.9. The largest absolute Gasteiger partial charge is 0.493 e. The van der Waals surface area contributed by atoms with Crippen LogP contribution in [-0.2, 0) is 14.3 Å². The molecule has 11 heteroatoms. The zero-order chi connectivity index (χ0) is 30.4. The zero-order valence-electron chi connectivity index (χ0n) is 25.1. The van der Waals surface area contributed by atoms with Crippen molar-refractivity contribution in [3.8, 4) is 34.5 Å². The molecule has 0 aromatic heterocycles. The summed E-state index contributed by atoms with van der Waals surface area (Å²) in [5.74, 6) is 1.77. The molecule has 0 saturated heterocycles. The Labute approximate surface area is 241 Å². The van der Waals surface area contributed by atoms with Crippen molar-refractivity contribution in [1.29, 1.82) is 0 Å². The van der Waals surface area contributed by atoms with E-state index in [2.05, 4.69) is 4.90 Å². The number of hydrogen-bond donors (Lipinski definition) is 0. The predicted molar refractivity (Wildman–Crippen MR) is 154 cm³/mol. The van der Waals surface area contributed by atoms with Gasteiger partial charge in [0.05, 0.1) is 61.4 Å². The third-order valence-corrected chi connectivity index (χ3v) is 6.05. The molecular weight excluding hydrogens is 534 g/mol. The van der Waals surface area contributed by atoms with E-state index in [9.17, 15) is 9.59 Å². The van der Waals surface area contributed by atoms with Gasteiger partial charge in [0.1, 0.15) is 0 Å². The summed E-state index contributed by atoms with van der Waals surface area (Å²) in [6.07, 6.45) is 3.63. The van der Waals surface area contributed by atoms with Crippen molar-refractivity contribution in [3.63, 3.8) is 0 Å². The van der Waals surface area contributed by atoms with Crippen molar-refractivity contribution in [2.75, 3.05) is 76.0 Å². The van der Waals surface area contributed by atoms with Gasteiger partial charge >= 0.3 is 11.9 Å². The molecule has 0 amide bonds. The summed E-state index contributed by atoms with van der Waals surface area (Å²) in [6, 6.07) is 6.59. The maximum Gasteiger partial charge on any atom is 0.338 e. The first-order chi connectivity index (χ1) is 19.7. The number of methoxy groups -OCH3 is 6. The van der Waals surface area contributed by atoms with E-state index in [1.807, 2.05) is 14.0 Å². The summed E-state index contributed by atoms with van der Waals surface area (Å²) in [5, 5.41) is 0. The first kappa shape index (κ1) is 33.1. The van der Waals surface area contributed by atoms with E-state index in [0.717, 1.165) is 0 Å². The Kier molecular flexibility index (Phi) is 13.6. The molecule has 0 bridgehead atoms. The monoisotopic (exact) mass is 575 g/mol. The number of carbonyl (C=O) groups excluding carboxylic acids is 2. The molecule has 0 saturated carbocycles. The number of rotatable bonds is 17. The molecule has 2 aromatic carbocycles. The molecule has 0 spiro atoms. The fourth-order valence-corrected chi connectivity index (χ4v) is 4.09. The van der Waals surface area contributed by atoms with Crippen LogP contribution in [0, 0.1) is 5.92 Å². The van der Waals surface area contributed by atoms with Crippen molar-refractivity contribution in [1.82, 2.24) is 4.90 Å². The molecule has 41 heavy (non-hydrogen) atoms. The van der Waals surface area contributed by atoms with Crippen LogP contribution in [0.1, 0.15) is 29.3 Å². The average molecular weight is 576 g/mol. The molecule has 2 rings (SSSR count). The van der Waals surface area contributed by atoms with Gasteiger partial charge in [0, 0.05) is 25.1 Å². The van der Waals surface area contributed by atoms with Crippen molar-refractivity contribution in [2.24, 2.45) is 5.92 Å². The second kappa shape index (κ2) is 16.9. The van der Waals surface area contributed by atoms with Crippen LogP contribution < -0.4 is 28.4 Å². The lowest BCUT2D eigenvalue weighted by Gasteiger charge is -2.21. The topological polar surface area (TPSA) is 111 Å². The Balaban J connectivity index is 1.76. The van der Waals surface area contributed by atoms with Gasteiger partial charge in [0.25, 0.3) is 0 Å². The lowest BCUT2D eigenvalue weighted by Crippen LogP contribution is -2.29. The summed E-state index contributed by atoms with van der Waals surface area (Å²) in [7, 11) is 11.0. The van der Waals surface area contributed by atoms with Crippen LogP contribution in [0.15, 0.2) is 30.3 Å². The van der Waals surface area contributed by atoms with E-state index in [1.165, 1.54) is 48.7 Å². The number of hydrogen-bond acceptors (Lipinski definition) is 11. The number of nitrogens with zero attached hydrogens (tertiary/aromatic N) is 1. The molecular formula is C30H41NO10. The van der Waals surface area contributed by atoms with E-state index in [0.29, 0.717) is 65.1 Å². The maximum atomic E-state index is 12.6. The quantitative estimate of drug-likeness (QED) is 0.154. The summed E-state index contributed by atoms with van der Waals surface area (Å²) >= 11 is 0. The molecule has 2 aromatic rings. The molecule has 226 valence electrons.